The molecule has 1 aromatic carbocycles. The van der Waals surface area contributed by atoms with E-state index in [1.54, 1.807) is 83.1 Å². The first-order chi connectivity index (χ1) is 33.0. The molecular formula is C51H79N7O14S. The fraction of sp³-hybridized carbons (Fsp3) is 0.667. The Morgan fingerprint density at radius 1 is 0.644 bits per heavy atom. The van der Waals surface area contributed by atoms with Crippen molar-refractivity contribution in [3.63, 3.8) is 0 Å². The summed E-state index contributed by atoms with van der Waals surface area (Å²) in [5, 5.41) is 19.0. The monoisotopic (exact) mass is 1050 g/mol. The van der Waals surface area contributed by atoms with Crippen molar-refractivity contribution in [1.29, 1.82) is 0 Å². The van der Waals surface area contributed by atoms with E-state index in [0.29, 0.717) is 23.7 Å². The third kappa shape index (κ3) is 20.2. The Hall–Kier alpha value is -5.74. The van der Waals surface area contributed by atoms with E-state index >= 15 is 0 Å². The minimum absolute atomic E-state index is 0.00222. The topological polar surface area (TPSA) is 288 Å². The standard InChI is InChI=1S/C51H79N7O14S/c1-44(2,31-48(9,10)55-40(63)33-29-52-43(53-30-33)57-73(67,68)35-19-17-34(18-20-35)71-51(15,16)32-45(3,4)42(65)66)41(64)56-47(7,8)24-26-69-49(11,12)27-36(59)54-46(5,6)23-25-70-50(13,14)28-39(62)72-58-37(60)21-22-38(58)61/h17-20,29-30H,21-28,31-32H2,1-16H3,(H,54,59)(H,55,63)(H,56,64)(H,65,66)(H,52,53,57). The highest BCUT2D eigenvalue weighted by molar-refractivity contribution is 7.92. The number of carboxylic acids is 1. The zero-order chi connectivity index (χ0) is 55.8. The molecule has 73 heavy (non-hydrogen) atoms. The highest BCUT2D eigenvalue weighted by Gasteiger charge is 2.40. The zero-order valence-corrected chi connectivity index (χ0v) is 46.4. The van der Waals surface area contributed by atoms with Crippen LogP contribution in [0.4, 0.5) is 5.95 Å². The van der Waals surface area contributed by atoms with Gasteiger partial charge in [0.2, 0.25) is 17.8 Å². The summed E-state index contributed by atoms with van der Waals surface area (Å²) in [4.78, 5) is 101. The largest absolute Gasteiger partial charge is 0.488 e. The summed E-state index contributed by atoms with van der Waals surface area (Å²) >= 11 is 0. The Morgan fingerprint density at radius 3 is 1.64 bits per heavy atom. The third-order valence-corrected chi connectivity index (χ3v) is 13.1. The molecule has 22 heteroatoms. The van der Waals surface area contributed by atoms with Gasteiger partial charge in [-0.1, -0.05) is 13.8 Å². The maximum Gasteiger partial charge on any atom is 0.336 e. The Balaban J connectivity index is 1.45. The van der Waals surface area contributed by atoms with Gasteiger partial charge >= 0.3 is 11.9 Å². The summed E-state index contributed by atoms with van der Waals surface area (Å²) in [6.07, 6.45) is 3.45. The van der Waals surface area contributed by atoms with E-state index in [2.05, 4.69) is 30.6 Å². The molecule has 2 heterocycles. The molecular weight excluding hydrogens is 967 g/mol. The molecule has 1 fully saturated rings. The summed E-state index contributed by atoms with van der Waals surface area (Å²) in [6, 6.07) is 5.59. The van der Waals surface area contributed by atoms with Crippen LogP contribution in [-0.4, -0.2) is 117 Å². The van der Waals surface area contributed by atoms with Gasteiger partial charge in [-0.3, -0.25) is 28.8 Å². The first kappa shape index (κ1) is 61.6. The molecule has 0 saturated carbocycles. The summed E-state index contributed by atoms with van der Waals surface area (Å²) in [5.41, 5.74) is -6.93. The van der Waals surface area contributed by atoms with Crippen molar-refractivity contribution >= 4 is 57.4 Å². The number of nitrogens with zero attached hydrogens (tertiary/aromatic N) is 3. The molecule has 21 nitrogen and oxygen atoms in total. The lowest BCUT2D eigenvalue weighted by Gasteiger charge is -2.37. The molecule has 1 aliphatic heterocycles. The number of benzene rings is 1. The molecule has 0 radical (unpaired) electrons. The molecule has 1 aromatic heterocycles. The molecule has 5 N–H and O–H groups in total. The average molecular weight is 1050 g/mol. The number of sulfonamides is 1. The van der Waals surface area contributed by atoms with Gasteiger partial charge in [0, 0.05) is 66.9 Å². The number of carboxylic acid groups (broad SMARTS) is 1. The predicted molar refractivity (Wildman–Crippen MR) is 270 cm³/mol. The third-order valence-electron chi connectivity index (χ3n) is 11.8. The van der Waals surface area contributed by atoms with E-state index in [4.69, 9.17) is 19.0 Å². The van der Waals surface area contributed by atoms with Crippen LogP contribution in [0.15, 0.2) is 41.6 Å². The fourth-order valence-electron chi connectivity index (χ4n) is 8.28. The van der Waals surface area contributed by atoms with E-state index < -0.39 is 83.9 Å². The van der Waals surface area contributed by atoms with E-state index in [-0.39, 0.29) is 80.0 Å². The molecule has 408 valence electrons. The highest BCUT2D eigenvalue weighted by Crippen LogP contribution is 2.33. The molecule has 0 spiro atoms. The maximum atomic E-state index is 13.7. The van der Waals surface area contributed by atoms with Crippen LogP contribution in [0.2, 0.25) is 0 Å². The van der Waals surface area contributed by atoms with Crippen molar-refractivity contribution in [2.75, 3.05) is 17.9 Å². The second kappa shape index (κ2) is 23.2. The maximum absolute atomic E-state index is 13.7. The number of imide groups is 1. The van der Waals surface area contributed by atoms with Crippen LogP contribution < -0.4 is 25.4 Å². The Labute approximate surface area is 430 Å². The number of hydrogen-bond acceptors (Lipinski definition) is 15. The molecule has 0 atom stereocenters. The van der Waals surface area contributed by atoms with Gasteiger partial charge in [0.25, 0.3) is 27.7 Å². The second-order valence-electron chi connectivity index (χ2n) is 23.9. The number of anilines is 1. The number of aromatic nitrogens is 2. The highest BCUT2D eigenvalue weighted by atomic mass is 32.2. The smallest absolute Gasteiger partial charge is 0.336 e. The minimum Gasteiger partial charge on any atom is -0.488 e. The van der Waals surface area contributed by atoms with E-state index in [1.807, 2.05) is 27.7 Å². The van der Waals surface area contributed by atoms with Crippen LogP contribution in [0.5, 0.6) is 5.75 Å². The normalized spacial score (nSPS) is 14.4. The van der Waals surface area contributed by atoms with Gasteiger partial charge in [-0.2, -0.15) is 0 Å². The average Bonchev–Trinajstić information content (AvgIpc) is 3.50. The molecule has 3 rings (SSSR count). The van der Waals surface area contributed by atoms with Gasteiger partial charge in [-0.15, -0.1) is 5.06 Å². The van der Waals surface area contributed by atoms with Gasteiger partial charge in [0.15, 0.2) is 0 Å². The number of rotatable bonds is 28. The molecule has 1 aliphatic rings. The van der Waals surface area contributed by atoms with Crippen LogP contribution >= 0.6 is 0 Å². The van der Waals surface area contributed by atoms with E-state index in [0.717, 1.165) is 0 Å². The van der Waals surface area contributed by atoms with Gasteiger partial charge in [-0.25, -0.2) is 27.9 Å². The number of hydrogen-bond donors (Lipinski definition) is 5. The molecule has 2 aromatic rings. The van der Waals surface area contributed by atoms with Crippen LogP contribution in [0.25, 0.3) is 0 Å². The summed E-state index contributed by atoms with van der Waals surface area (Å²) in [6.45, 7) is 28.6. The van der Waals surface area contributed by atoms with Crippen molar-refractivity contribution < 1.29 is 66.1 Å². The van der Waals surface area contributed by atoms with Crippen LogP contribution in [-0.2, 0) is 53.1 Å². The summed E-state index contributed by atoms with van der Waals surface area (Å²) in [7, 11) is -4.14. The number of hydroxylamine groups is 2. The zero-order valence-electron chi connectivity index (χ0n) is 45.5. The Bertz CT molecular complexity index is 2430. The quantitative estimate of drug-likeness (QED) is 0.0576. The van der Waals surface area contributed by atoms with Gasteiger partial charge in [-0.05, 0) is 140 Å². The lowest BCUT2D eigenvalue weighted by molar-refractivity contribution is -0.200. The van der Waals surface area contributed by atoms with E-state index in [9.17, 15) is 47.1 Å². The Morgan fingerprint density at radius 2 is 1.14 bits per heavy atom. The van der Waals surface area contributed by atoms with Gasteiger partial charge in [0.1, 0.15) is 11.4 Å². The minimum atomic E-state index is -4.14. The number of nitrogens with one attached hydrogen (secondary N) is 4. The van der Waals surface area contributed by atoms with Crippen LogP contribution in [0, 0.1) is 10.8 Å². The SMILES string of the molecule is CC(C)(CCOC(C)(C)CC(=O)ON1C(=O)CCC1=O)NC(=O)CC(C)(C)OCCC(C)(C)NC(=O)C(C)(C)CC(C)(C)NC(=O)c1cnc(NS(=O)(=O)c2ccc(OC(C)(C)CC(C)(C)C(=O)O)cc2)nc1. The number of carbonyl (C=O) groups is 7. The molecule has 5 amide bonds. The summed E-state index contributed by atoms with van der Waals surface area (Å²) in [5.74, 6) is -3.83. The predicted octanol–water partition coefficient (Wildman–Crippen LogP) is 6.41. The van der Waals surface area contributed by atoms with Crippen molar-refractivity contribution in [3.8, 4) is 5.75 Å². The summed E-state index contributed by atoms with van der Waals surface area (Å²) < 4.78 is 46.7. The molecule has 0 bridgehead atoms. The number of aliphatic carboxylic acids is 1. The van der Waals surface area contributed by atoms with Crippen LogP contribution in [0.3, 0.4) is 0 Å². The van der Waals surface area contributed by atoms with Crippen molar-refractivity contribution in [1.82, 2.24) is 31.0 Å². The fourth-order valence-corrected chi connectivity index (χ4v) is 9.24. The van der Waals surface area contributed by atoms with Crippen molar-refractivity contribution in [2.45, 2.75) is 200 Å². The van der Waals surface area contributed by atoms with Gasteiger partial charge in [0.05, 0.1) is 39.9 Å². The first-order valence-electron chi connectivity index (χ1n) is 24.2. The lowest BCUT2D eigenvalue weighted by atomic mass is 9.78. The van der Waals surface area contributed by atoms with Gasteiger partial charge < -0.3 is 40.1 Å². The molecule has 0 aliphatic carbocycles. The molecule has 1 saturated heterocycles. The number of carbonyl (C=O) groups excluding carboxylic acids is 6. The van der Waals surface area contributed by atoms with E-state index in [1.165, 1.54) is 36.7 Å². The second-order valence-corrected chi connectivity index (χ2v) is 25.6. The van der Waals surface area contributed by atoms with Crippen LogP contribution in [0.1, 0.15) is 173 Å². The molecule has 0 unspecified atom stereocenters. The number of ether oxygens (including phenoxy) is 3. The van der Waals surface area contributed by atoms with Crippen molar-refractivity contribution in [3.05, 3.63) is 42.2 Å². The van der Waals surface area contributed by atoms with Crippen molar-refractivity contribution in [2.24, 2.45) is 10.8 Å². The number of amides is 5. The first-order valence-corrected chi connectivity index (χ1v) is 25.7. The Kier molecular flexibility index (Phi) is 19.6. The lowest BCUT2D eigenvalue weighted by Crippen LogP contribution is -2.53.